The molecule has 0 radical (unpaired) electrons. The summed E-state index contributed by atoms with van der Waals surface area (Å²) in [5.74, 6) is 0.444. The number of hydrogen-bond donors (Lipinski definition) is 3. The molecule has 2 aromatic heterocycles. The minimum absolute atomic E-state index is 0.396. The highest BCUT2D eigenvalue weighted by Gasteiger charge is 2.25. The molecule has 0 aliphatic carbocycles. The first-order valence-electron chi connectivity index (χ1n) is 10.9. The molecule has 0 amide bonds. The van der Waals surface area contributed by atoms with Gasteiger partial charge in [0.15, 0.2) is 5.11 Å². The van der Waals surface area contributed by atoms with Gasteiger partial charge in [-0.05, 0) is 82.0 Å². The molecule has 3 heterocycles. The molecule has 1 saturated heterocycles. The highest BCUT2D eigenvalue weighted by molar-refractivity contribution is 7.80. The SMILES string of the molecule is C=CC(=O)O.CCCCN(C(N)=S)c1ccc2[nH]cc(C3CCN(C(C)C)CC3)c2n1. The molecule has 0 atom stereocenters. The van der Waals surface area contributed by atoms with E-state index in [-0.39, 0.29) is 0 Å². The van der Waals surface area contributed by atoms with E-state index in [0.29, 0.717) is 17.1 Å². The number of nitrogens with zero attached hydrogens (tertiary/aromatic N) is 3. The first kappa shape index (κ1) is 24.8. The normalized spacial score (nSPS) is 14.8. The maximum Gasteiger partial charge on any atom is 0.327 e. The highest BCUT2D eigenvalue weighted by atomic mass is 32.1. The predicted molar refractivity (Wildman–Crippen MR) is 132 cm³/mol. The van der Waals surface area contributed by atoms with Crippen molar-refractivity contribution in [1.29, 1.82) is 0 Å². The monoisotopic (exact) mass is 445 g/mol. The van der Waals surface area contributed by atoms with E-state index in [2.05, 4.69) is 49.5 Å². The number of aromatic amines is 1. The third-order valence-corrected chi connectivity index (χ3v) is 5.91. The largest absolute Gasteiger partial charge is 0.478 e. The van der Waals surface area contributed by atoms with Gasteiger partial charge in [-0.2, -0.15) is 0 Å². The third kappa shape index (κ3) is 6.77. The molecule has 3 rings (SSSR count). The number of thiocarbonyl (C=S) groups is 1. The van der Waals surface area contributed by atoms with Gasteiger partial charge >= 0.3 is 5.97 Å². The zero-order valence-electron chi connectivity index (χ0n) is 18.8. The third-order valence-electron chi connectivity index (χ3n) is 5.69. The molecular formula is C23H35N5O2S. The van der Waals surface area contributed by atoms with Gasteiger partial charge in [0.2, 0.25) is 0 Å². The van der Waals surface area contributed by atoms with Gasteiger partial charge < -0.3 is 25.6 Å². The van der Waals surface area contributed by atoms with Crippen molar-refractivity contribution in [2.75, 3.05) is 24.5 Å². The van der Waals surface area contributed by atoms with Gasteiger partial charge in [0, 0.05) is 24.9 Å². The molecule has 8 heteroatoms. The first-order chi connectivity index (χ1) is 14.8. The molecule has 0 bridgehead atoms. The lowest BCUT2D eigenvalue weighted by Crippen LogP contribution is -2.38. The summed E-state index contributed by atoms with van der Waals surface area (Å²) in [6, 6.07) is 4.74. The number of aliphatic carboxylic acids is 1. The van der Waals surface area contributed by atoms with Crippen molar-refractivity contribution < 1.29 is 9.90 Å². The Hall–Kier alpha value is -2.45. The Bertz CT molecular complexity index is 887. The number of aromatic nitrogens is 2. The topological polar surface area (TPSA) is 98.5 Å². The van der Waals surface area contributed by atoms with Crippen molar-refractivity contribution in [3.63, 3.8) is 0 Å². The van der Waals surface area contributed by atoms with E-state index in [1.807, 2.05) is 11.0 Å². The van der Waals surface area contributed by atoms with Crippen LogP contribution in [0, 0.1) is 0 Å². The van der Waals surface area contributed by atoms with E-state index >= 15 is 0 Å². The van der Waals surface area contributed by atoms with Crippen molar-refractivity contribution in [2.24, 2.45) is 5.73 Å². The summed E-state index contributed by atoms with van der Waals surface area (Å²) < 4.78 is 0. The maximum absolute atomic E-state index is 9.25. The quantitative estimate of drug-likeness (QED) is 0.433. The fourth-order valence-electron chi connectivity index (χ4n) is 3.85. The number of carbonyl (C=O) groups is 1. The molecule has 0 aromatic carbocycles. The summed E-state index contributed by atoms with van der Waals surface area (Å²) in [6.45, 7) is 12.8. The number of nitrogens with one attached hydrogen (secondary N) is 1. The smallest absolute Gasteiger partial charge is 0.327 e. The Morgan fingerprint density at radius 1 is 1.45 bits per heavy atom. The predicted octanol–water partition coefficient (Wildman–Crippen LogP) is 4.26. The van der Waals surface area contributed by atoms with Crippen molar-refractivity contribution in [2.45, 2.75) is 58.4 Å². The maximum atomic E-state index is 9.25. The number of H-pyrrole nitrogens is 1. The van der Waals surface area contributed by atoms with Crippen LogP contribution >= 0.6 is 12.2 Å². The lowest BCUT2D eigenvalue weighted by molar-refractivity contribution is -0.131. The van der Waals surface area contributed by atoms with Crippen molar-refractivity contribution >= 4 is 40.2 Å². The van der Waals surface area contributed by atoms with E-state index in [0.717, 1.165) is 55.4 Å². The second-order valence-corrected chi connectivity index (χ2v) is 8.52. The van der Waals surface area contributed by atoms with Crippen LogP contribution in [0.4, 0.5) is 5.82 Å². The van der Waals surface area contributed by atoms with Crippen LogP contribution in [0.25, 0.3) is 11.0 Å². The lowest BCUT2D eigenvalue weighted by atomic mass is 9.90. The van der Waals surface area contributed by atoms with Crippen LogP contribution in [0.2, 0.25) is 0 Å². The molecule has 1 fully saturated rings. The number of rotatable bonds is 7. The van der Waals surface area contributed by atoms with Crippen LogP contribution in [0.15, 0.2) is 31.0 Å². The molecular weight excluding hydrogens is 410 g/mol. The second-order valence-electron chi connectivity index (χ2n) is 8.10. The van der Waals surface area contributed by atoms with E-state index in [9.17, 15) is 4.79 Å². The van der Waals surface area contributed by atoms with Crippen LogP contribution in [-0.4, -0.2) is 56.7 Å². The molecule has 1 aliphatic rings. The summed E-state index contributed by atoms with van der Waals surface area (Å²) in [6.07, 6.45) is 7.50. The molecule has 7 nitrogen and oxygen atoms in total. The highest BCUT2D eigenvalue weighted by Crippen LogP contribution is 2.33. The van der Waals surface area contributed by atoms with Crippen molar-refractivity contribution in [1.82, 2.24) is 14.9 Å². The zero-order chi connectivity index (χ0) is 23.0. The van der Waals surface area contributed by atoms with Gasteiger partial charge in [0.05, 0.1) is 11.0 Å². The Morgan fingerprint density at radius 3 is 2.61 bits per heavy atom. The van der Waals surface area contributed by atoms with Gasteiger partial charge in [-0.15, -0.1) is 0 Å². The number of fused-ring (bicyclic) bond motifs is 1. The number of nitrogens with two attached hydrogens (primary N) is 1. The Morgan fingerprint density at radius 2 is 2.10 bits per heavy atom. The lowest BCUT2D eigenvalue weighted by Gasteiger charge is -2.34. The minimum Gasteiger partial charge on any atom is -0.478 e. The van der Waals surface area contributed by atoms with Crippen molar-refractivity contribution in [3.8, 4) is 0 Å². The van der Waals surface area contributed by atoms with Crippen molar-refractivity contribution in [3.05, 3.63) is 36.5 Å². The summed E-state index contributed by atoms with van der Waals surface area (Å²) in [5, 5.41) is 8.00. The number of anilines is 1. The zero-order valence-corrected chi connectivity index (χ0v) is 19.6. The number of unbranched alkanes of at least 4 members (excludes halogenated alkanes) is 1. The summed E-state index contributed by atoms with van der Waals surface area (Å²) in [7, 11) is 0. The van der Waals surface area contributed by atoms with Gasteiger partial charge in [-0.3, -0.25) is 0 Å². The summed E-state index contributed by atoms with van der Waals surface area (Å²) in [5.41, 5.74) is 9.46. The second kappa shape index (κ2) is 11.8. The molecule has 4 N–H and O–H groups in total. The molecule has 2 aromatic rings. The number of pyridine rings is 1. The van der Waals surface area contributed by atoms with Crippen LogP contribution < -0.4 is 10.6 Å². The minimum atomic E-state index is -0.981. The average Bonchev–Trinajstić information content (AvgIpc) is 3.17. The van der Waals surface area contributed by atoms with Crippen LogP contribution in [0.3, 0.4) is 0 Å². The molecule has 31 heavy (non-hydrogen) atoms. The summed E-state index contributed by atoms with van der Waals surface area (Å²) >= 11 is 5.26. The number of hydrogen-bond acceptors (Lipinski definition) is 4. The average molecular weight is 446 g/mol. The Balaban J connectivity index is 0.000000614. The number of likely N-dealkylation sites (tertiary alicyclic amines) is 1. The molecule has 1 aliphatic heterocycles. The number of carboxylic acid groups (broad SMARTS) is 1. The van der Waals surface area contributed by atoms with Gasteiger partial charge in [-0.25, -0.2) is 9.78 Å². The van der Waals surface area contributed by atoms with E-state index < -0.39 is 5.97 Å². The molecule has 0 unspecified atom stereocenters. The number of piperidine rings is 1. The van der Waals surface area contributed by atoms with Crippen LogP contribution in [-0.2, 0) is 4.79 Å². The summed E-state index contributed by atoms with van der Waals surface area (Å²) in [4.78, 5) is 22.1. The fourth-order valence-corrected chi connectivity index (χ4v) is 4.04. The van der Waals surface area contributed by atoms with Crippen LogP contribution in [0.1, 0.15) is 57.9 Å². The first-order valence-corrected chi connectivity index (χ1v) is 11.3. The Labute approximate surface area is 190 Å². The number of carboxylic acids is 1. The molecule has 0 saturated carbocycles. The fraction of sp³-hybridized carbons (Fsp3) is 0.522. The van der Waals surface area contributed by atoms with E-state index in [1.165, 1.54) is 18.4 Å². The Kier molecular flexibility index (Phi) is 9.45. The van der Waals surface area contributed by atoms with Crippen LogP contribution in [0.5, 0.6) is 0 Å². The standard InChI is InChI=1S/C20H31N5S.C3H4O2/c1-4-5-10-25(20(21)26)18-7-6-17-19(23-18)16(13-22-17)15-8-11-24(12-9-15)14(2)3;1-2-3(4)5/h6-7,13-15,22H,4-5,8-12H2,1-3H3,(H2,21,26);2H,1H2,(H,4,5). The molecule has 170 valence electrons. The van der Waals surface area contributed by atoms with E-state index in [4.69, 9.17) is 28.0 Å². The van der Waals surface area contributed by atoms with Gasteiger partial charge in [0.1, 0.15) is 5.82 Å². The van der Waals surface area contributed by atoms with Gasteiger partial charge in [-0.1, -0.05) is 19.9 Å². The van der Waals surface area contributed by atoms with Gasteiger partial charge in [0.25, 0.3) is 0 Å². The molecule has 0 spiro atoms. The van der Waals surface area contributed by atoms with E-state index in [1.54, 1.807) is 0 Å².